The van der Waals surface area contributed by atoms with E-state index in [-0.39, 0.29) is 23.7 Å². The fourth-order valence-corrected chi connectivity index (χ4v) is 2.52. The van der Waals surface area contributed by atoms with E-state index in [4.69, 9.17) is 15.2 Å². The van der Waals surface area contributed by atoms with Crippen molar-refractivity contribution in [3.8, 4) is 0 Å². The van der Waals surface area contributed by atoms with Crippen LogP contribution in [0.25, 0.3) is 11.2 Å². The van der Waals surface area contributed by atoms with Crippen molar-refractivity contribution in [2.75, 3.05) is 19.5 Å². The van der Waals surface area contributed by atoms with Gasteiger partial charge in [-0.1, -0.05) is 0 Å². The second-order valence-corrected chi connectivity index (χ2v) is 4.71. The monoisotopic (exact) mass is 297 g/mol. The van der Waals surface area contributed by atoms with E-state index in [1.165, 1.54) is 18.0 Å². The van der Waals surface area contributed by atoms with Gasteiger partial charge in [-0.25, -0.2) is 4.98 Å². The van der Waals surface area contributed by atoms with Crippen molar-refractivity contribution in [1.29, 1.82) is 0 Å². The highest BCUT2D eigenvalue weighted by Gasteiger charge is 2.45. The lowest BCUT2D eigenvalue weighted by molar-refractivity contribution is -0.0535. The Kier molecular flexibility index (Phi) is 3.37. The number of nitrogens with two attached hydrogens (primary N) is 1. The number of nitrogens with zero attached hydrogens (tertiary/aromatic N) is 3. The third kappa shape index (κ3) is 2.08. The maximum atomic E-state index is 11.7. The number of imidazole rings is 1. The Labute approximate surface area is 118 Å². The van der Waals surface area contributed by atoms with Gasteiger partial charge in [0.15, 0.2) is 17.4 Å². The average Bonchev–Trinajstić information content (AvgIpc) is 2.99. The van der Waals surface area contributed by atoms with E-state index in [9.17, 15) is 15.0 Å². The van der Waals surface area contributed by atoms with Crippen LogP contribution in [0.2, 0.25) is 0 Å². The number of aliphatic hydroxyl groups excluding tert-OH is 2. The van der Waals surface area contributed by atoms with Gasteiger partial charge >= 0.3 is 0 Å². The van der Waals surface area contributed by atoms with E-state index in [1.807, 2.05) is 0 Å². The van der Waals surface area contributed by atoms with Crippen molar-refractivity contribution in [2.24, 2.45) is 0 Å². The molecule has 1 aliphatic rings. The molecule has 10 nitrogen and oxygen atoms in total. The van der Waals surface area contributed by atoms with E-state index in [0.717, 1.165) is 0 Å². The predicted molar refractivity (Wildman–Crippen MR) is 70.4 cm³/mol. The summed E-state index contributed by atoms with van der Waals surface area (Å²) in [5.41, 5.74) is 5.31. The molecule has 0 aromatic carbocycles. The third-order valence-corrected chi connectivity index (χ3v) is 3.49. The number of aromatic amines is 1. The Hall–Kier alpha value is -2.01. The summed E-state index contributed by atoms with van der Waals surface area (Å²) in [5.74, 6) is -0.0660. The third-order valence-electron chi connectivity index (χ3n) is 3.49. The van der Waals surface area contributed by atoms with E-state index < -0.39 is 30.1 Å². The summed E-state index contributed by atoms with van der Waals surface area (Å²) in [4.78, 5) is 22.0. The molecule has 3 rings (SSSR count). The number of rotatable bonds is 3. The standard InChI is InChI=1S/C11H15N5O5/c1-20-7-4(2-17)21-10(6(7)18)16-3-13-5-8(16)14-11(12)15-9(5)19/h3-4,6-7,10,17-18H,2H2,1H3,(H3,12,14,15,19)/t4-,6+,7-,10-/m0/s1. The van der Waals surface area contributed by atoms with Crippen molar-refractivity contribution in [2.45, 2.75) is 24.5 Å². The van der Waals surface area contributed by atoms with Gasteiger partial charge in [-0.2, -0.15) is 4.98 Å². The number of hydrogen-bond acceptors (Lipinski definition) is 8. The number of aliphatic hydroxyl groups is 2. The zero-order valence-electron chi connectivity index (χ0n) is 11.1. The van der Waals surface area contributed by atoms with Crippen molar-refractivity contribution >= 4 is 17.1 Å². The normalized spacial score (nSPS) is 29.3. The molecule has 114 valence electrons. The molecule has 0 radical (unpaired) electrons. The predicted octanol–water partition coefficient (Wildman–Crippen LogP) is -2.03. The molecule has 1 aliphatic heterocycles. The largest absolute Gasteiger partial charge is 0.394 e. The minimum Gasteiger partial charge on any atom is -0.394 e. The first-order valence-electron chi connectivity index (χ1n) is 6.26. The molecule has 4 atom stereocenters. The number of nitrogens with one attached hydrogen (secondary N) is 1. The van der Waals surface area contributed by atoms with Gasteiger partial charge in [0.05, 0.1) is 12.9 Å². The second-order valence-electron chi connectivity index (χ2n) is 4.71. The first-order valence-corrected chi connectivity index (χ1v) is 6.26. The zero-order chi connectivity index (χ0) is 15.1. The molecule has 3 heterocycles. The highest BCUT2D eigenvalue weighted by atomic mass is 16.6. The van der Waals surface area contributed by atoms with Crippen molar-refractivity contribution in [1.82, 2.24) is 19.5 Å². The van der Waals surface area contributed by atoms with Crippen LogP contribution in [-0.2, 0) is 9.47 Å². The Morgan fingerprint density at radius 2 is 2.38 bits per heavy atom. The number of hydrogen-bond donors (Lipinski definition) is 4. The van der Waals surface area contributed by atoms with Gasteiger partial charge in [-0.15, -0.1) is 0 Å². The summed E-state index contributed by atoms with van der Waals surface area (Å²) >= 11 is 0. The Balaban J connectivity index is 2.07. The van der Waals surface area contributed by atoms with E-state index >= 15 is 0 Å². The van der Waals surface area contributed by atoms with Crippen LogP contribution in [-0.4, -0.2) is 61.8 Å². The van der Waals surface area contributed by atoms with Crippen LogP contribution in [0.1, 0.15) is 6.23 Å². The highest BCUT2D eigenvalue weighted by molar-refractivity contribution is 5.70. The molecule has 0 saturated carbocycles. The Morgan fingerprint density at radius 3 is 3.00 bits per heavy atom. The average molecular weight is 297 g/mol. The van der Waals surface area contributed by atoms with Crippen LogP contribution in [0.4, 0.5) is 5.95 Å². The molecule has 2 aromatic rings. The molecule has 1 fully saturated rings. The smallest absolute Gasteiger partial charge is 0.280 e. The van der Waals surface area contributed by atoms with Gasteiger partial charge < -0.3 is 25.4 Å². The summed E-state index contributed by atoms with van der Waals surface area (Å²) in [7, 11) is 1.41. The maximum absolute atomic E-state index is 11.7. The minimum atomic E-state index is -1.05. The van der Waals surface area contributed by atoms with E-state index in [0.29, 0.717) is 0 Å². The molecule has 0 bridgehead atoms. The lowest BCUT2D eigenvalue weighted by Crippen LogP contribution is -2.35. The number of nitrogen functional groups attached to an aromatic ring is 1. The fraction of sp³-hybridized carbons (Fsp3) is 0.545. The summed E-state index contributed by atoms with van der Waals surface area (Å²) in [5, 5.41) is 19.5. The van der Waals surface area contributed by atoms with Crippen LogP contribution in [0.15, 0.2) is 11.1 Å². The number of aromatic nitrogens is 4. The number of methoxy groups -OCH3 is 1. The van der Waals surface area contributed by atoms with Crippen molar-refractivity contribution in [3.63, 3.8) is 0 Å². The summed E-state index contributed by atoms with van der Waals surface area (Å²) in [6.45, 7) is -0.311. The molecule has 1 saturated heterocycles. The van der Waals surface area contributed by atoms with Gasteiger partial charge in [-0.05, 0) is 0 Å². The lowest BCUT2D eigenvalue weighted by Gasteiger charge is -2.17. The zero-order valence-corrected chi connectivity index (χ0v) is 11.1. The summed E-state index contributed by atoms with van der Waals surface area (Å²) in [6, 6.07) is 0. The Bertz CT molecular complexity index is 713. The van der Waals surface area contributed by atoms with Crippen molar-refractivity contribution < 1.29 is 19.7 Å². The number of fused-ring (bicyclic) bond motifs is 1. The molecule has 10 heteroatoms. The SMILES string of the molecule is CO[C@@H]1[C@@H](O)[C@@H](n2cnc3c(=O)[nH]c(N)nc32)O[C@H]1CO. The second kappa shape index (κ2) is 5.07. The maximum Gasteiger partial charge on any atom is 0.280 e. The van der Waals surface area contributed by atoms with Crippen LogP contribution in [0.3, 0.4) is 0 Å². The quantitative estimate of drug-likeness (QED) is 0.506. The Morgan fingerprint density at radius 1 is 1.62 bits per heavy atom. The molecule has 0 spiro atoms. The van der Waals surface area contributed by atoms with Crippen LogP contribution in [0.5, 0.6) is 0 Å². The van der Waals surface area contributed by atoms with Gasteiger partial charge in [-0.3, -0.25) is 14.3 Å². The van der Waals surface area contributed by atoms with Crippen LogP contribution in [0, 0.1) is 0 Å². The first kappa shape index (κ1) is 13.9. The lowest BCUT2D eigenvalue weighted by atomic mass is 10.1. The van der Waals surface area contributed by atoms with E-state index in [2.05, 4.69) is 15.0 Å². The van der Waals surface area contributed by atoms with Crippen LogP contribution >= 0.6 is 0 Å². The van der Waals surface area contributed by atoms with Gasteiger partial charge in [0.2, 0.25) is 5.95 Å². The van der Waals surface area contributed by atoms with Gasteiger partial charge in [0.1, 0.15) is 18.3 Å². The molecular formula is C11H15N5O5. The van der Waals surface area contributed by atoms with Crippen molar-refractivity contribution in [3.05, 3.63) is 16.7 Å². The molecule has 0 amide bonds. The fourth-order valence-electron chi connectivity index (χ4n) is 2.52. The number of ether oxygens (including phenoxy) is 2. The molecular weight excluding hydrogens is 282 g/mol. The summed E-state index contributed by atoms with van der Waals surface area (Å²) in [6.07, 6.45) is -1.99. The van der Waals surface area contributed by atoms with Crippen LogP contribution < -0.4 is 11.3 Å². The summed E-state index contributed by atoms with van der Waals surface area (Å²) < 4.78 is 12.1. The molecule has 2 aromatic heterocycles. The first-order chi connectivity index (χ1) is 10.1. The van der Waals surface area contributed by atoms with Gasteiger partial charge in [0, 0.05) is 7.11 Å². The van der Waals surface area contributed by atoms with E-state index in [1.54, 1.807) is 0 Å². The number of anilines is 1. The molecule has 0 unspecified atom stereocenters. The van der Waals surface area contributed by atoms with Gasteiger partial charge in [0.25, 0.3) is 5.56 Å². The molecule has 21 heavy (non-hydrogen) atoms. The highest BCUT2D eigenvalue weighted by Crippen LogP contribution is 2.32. The molecule has 5 N–H and O–H groups in total. The number of H-pyrrole nitrogens is 1. The molecule has 0 aliphatic carbocycles. The minimum absolute atomic E-state index is 0.0660. The topological polar surface area (TPSA) is 149 Å².